The molecule has 1 rings (SSSR count). The van der Waals surface area contributed by atoms with Gasteiger partial charge in [0.2, 0.25) is 11.8 Å². The van der Waals surface area contributed by atoms with Crippen molar-refractivity contribution in [2.45, 2.75) is 32.6 Å². The summed E-state index contributed by atoms with van der Waals surface area (Å²) in [6, 6.07) is 3.63. The molecular weight excluding hydrogens is 410 g/mol. The molecule has 7 nitrogen and oxygen atoms in total. The van der Waals surface area contributed by atoms with Crippen LogP contribution in [0.25, 0.3) is 0 Å². The zero-order valence-electron chi connectivity index (χ0n) is 17.0. The molecule has 0 spiro atoms. The summed E-state index contributed by atoms with van der Waals surface area (Å²) in [6.07, 6.45) is 2.13. The molecule has 0 unspecified atom stereocenters. The van der Waals surface area contributed by atoms with Gasteiger partial charge in [0.15, 0.2) is 0 Å². The maximum atomic E-state index is 12.5. The number of carbonyl (C=O) groups is 2. The second kappa shape index (κ2) is 12.5. The number of nitrogens with zero attached hydrogens (tertiary/aromatic N) is 1. The predicted molar refractivity (Wildman–Crippen MR) is 104 cm³/mol. The standard InChI is InChI=1S/C14H19F2N3O2.C5H6F2O2/c1-10-8-11(19-13(9-10)21-3)17-6-7-18-12(20)4-5-14(2,15)16;1-5(6,7)3-2-4(8)9/h4-5,8-9H,6-7H2,1-3H3,(H,17,19)(H,18,20);2-3H,1H3,(H,8,9)/b5-4+;3-2+. The number of alkyl halides is 4. The number of pyridine rings is 1. The number of ether oxygens (including phenoxy) is 1. The molecular formula is C19H25F4N3O4. The highest BCUT2D eigenvalue weighted by molar-refractivity contribution is 5.87. The van der Waals surface area contributed by atoms with Crippen LogP contribution in [0.2, 0.25) is 0 Å². The van der Waals surface area contributed by atoms with E-state index in [1.165, 1.54) is 7.11 Å². The first-order valence-electron chi connectivity index (χ1n) is 8.63. The average Bonchev–Trinajstić information content (AvgIpc) is 2.61. The number of halogens is 4. The molecule has 0 atom stereocenters. The van der Waals surface area contributed by atoms with Crippen molar-refractivity contribution in [2.75, 3.05) is 25.5 Å². The van der Waals surface area contributed by atoms with Gasteiger partial charge in [0.25, 0.3) is 11.8 Å². The molecule has 1 aromatic heterocycles. The lowest BCUT2D eigenvalue weighted by Gasteiger charge is -2.09. The molecule has 0 saturated heterocycles. The van der Waals surface area contributed by atoms with Crippen molar-refractivity contribution in [3.63, 3.8) is 0 Å². The Hall–Kier alpha value is -3.11. The molecule has 1 heterocycles. The van der Waals surface area contributed by atoms with Crippen LogP contribution in [0.5, 0.6) is 5.88 Å². The minimum absolute atomic E-state index is 0.288. The summed E-state index contributed by atoms with van der Waals surface area (Å²) in [4.78, 5) is 25.1. The number of anilines is 1. The van der Waals surface area contributed by atoms with E-state index in [4.69, 9.17) is 9.84 Å². The summed E-state index contributed by atoms with van der Waals surface area (Å²) in [5.74, 6) is -6.83. The highest BCUT2D eigenvalue weighted by Gasteiger charge is 2.16. The van der Waals surface area contributed by atoms with Crippen molar-refractivity contribution in [1.29, 1.82) is 0 Å². The zero-order valence-corrected chi connectivity index (χ0v) is 17.0. The lowest BCUT2D eigenvalue weighted by atomic mass is 10.3. The number of rotatable bonds is 9. The molecule has 1 amide bonds. The molecule has 0 aliphatic heterocycles. The van der Waals surface area contributed by atoms with Gasteiger partial charge in [-0.2, -0.15) is 4.98 Å². The minimum Gasteiger partial charge on any atom is -0.481 e. The first-order valence-corrected chi connectivity index (χ1v) is 8.63. The second-order valence-electron chi connectivity index (χ2n) is 6.21. The lowest BCUT2D eigenvalue weighted by Crippen LogP contribution is -2.27. The van der Waals surface area contributed by atoms with Crippen molar-refractivity contribution in [2.24, 2.45) is 0 Å². The van der Waals surface area contributed by atoms with E-state index in [0.29, 0.717) is 43.4 Å². The molecule has 3 N–H and O–H groups in total. The Balaban J connectivity index is 0.000000787. The maximum absolute atomic E-state index is 12.5. The van der Waals surface area contributed by atoms with E-state index in [2.05, 4.69) is 15.6 Å². The molecule has 0 saturated carbocycles. The van der Waals surface area contributed by atoms with Crippen LogP contribution in [0.1, 0.15) is 19.4 Å². The van der Waals surface area contributed by atoms with E-state index in [1.54, 1.807) is 6.07 Å². The van der Waals surface area contributed by atoms with Crippen LogP contribution in [-0.4, -0.2) is 54.0 Å². The van der Waals surface area contributed by atoms with Gasteiger partial charge in [-0.3, -0.25) is 4.79 Å². The van der Waals surface area contributed by atoms with E-state index in [9.17, 15) is 27.2 Å². The summed E-state index contributed by atoms with van der Waals surface area (Å²) in [7, 11) is 1.53. The highest BCUT2D eigenvalue weighted by Crippen LogP contribution is 2.15. The van der Waals surface area contributed by atoms with Gasteiger partial charge >= 0.3 is 5.97 Å². The van der Waals surface area contributed by atoms with Crippen LogP contribution in [0.15, 0.2) is 36.4 Å². The Labute approximate surface area is 171 Å². The van der Waals surface area contributed by atoms with Crippen LogP contribution in [0, 0.1) is 6.92 Å². The second-order valence-corrected chi connectivity index (χ2v) is 6.21. The Morgan fingerprint density at radius 1 is 1.10 bits per heavy atom. The maximum Gasteiger partial charge on any atom is 0.328 e. The number of aromatic nitrogens is 1. The van der Waals surface area contributed by atoms with Crippen LogP contribution in [0.3, 0.4) is 0 Å². The number of amides is 1. The third-order valence-electron chi connectivity index (χ3n) is 2.93. The zero-order chi connectivity index (χ0) is 23.4. The number of carbonyl (C=O) groups excluding carboxylic acids is 1. The van der Waals surface area contributed by atoms with Gasteiger partial charge in [-0.25, -0.2) is 22.4 Å². The first kappa shape index (κ1) is 26.9. The third-order valence-corrected chi connectivity index (χ3v) is 2.93. The van der Waals surface area contributed by atoms with Gasteiger partial charge in [-0.1, -0.05) is 0 Å². The summed E-state index contributed by atoms with van der Waals surface area (Å²) in [5, 5.41) is 13.4. The summed E-state index contributed by atoms with van der Waals surface area (Å²) < 4.78 is 53.5. The van der Waals surface area contributed by atoms with E-state index in [0.717, 1.165) is 18.6 Å². The number of allylic oxidation sites excluding steroid dienone is 2. The van der Waals surface area contributed by atoms with Crippen molar-refractivity contribution < 1.29 is 37.0 Å². The van der Waals surface area contributed by atoms with E-state index in [1.807, 2.05) is 13.0 Å². The Morgan fingerprint density at radius 2 is 1.67 bits per heavy atom. The molecule has 168 valence electrons. The number of carboxylic acids is 1. The SMILES string of the molecule is CC(F)(F)/C=C/C(=O)O.COc1cc(C)cc(NCCNC(=O)/C=C/C(C)(F)F)n1. The van der Waals surface area contributed by atoms with Crippen molar-refractivity contribution in [1.82, 2.24) is 10.3 Å². The molecule has 0 aliphatic carbocycles. The van der Waals surface area contributed by atoms with Crippen molar-refractivity contribution in [3.05, 3.63) is 42.0 Å². The number of aryl methyl sites for hydroxylation is 1. The van der Waals surface area contributed by atoms with E-state index < -0.39 is 23.7 Å². The van der Waals surface area contributed by atoms with E-state index >= 15 is 0 Å². The number of methoxy groups -OCH3 is 1. The van der Waals surface area contributed by atoms with Gasteiger partial charge < -0.3 is 20.5 Å². The monoisotopic (exact) mass is 435 g/mol. The number of hydrogen-bond donors (Lipinski definition) is 3. The number of nitrogens with one attached hydrogen (secondary N) is 2. The fraction of sp³-hybridized carbons (Fsp3) is 0.421. The van der Waals surface area contributed by atoms with E-state index in [-0.39, 0.29) is 6.54 Å². The minimum atomic E-state index is -3.03. The molecule has 30 heavy (non-hydrogen) atoms. The summed E-state index contributed by atoms with van der Waals surface area (Å²) in [6.45, 7) is 3.95. The summed E-state index contributed by atoms with van der Waals surface area (Å²) >= 11 is 0. The van der Waals surface area contributed by atoms with Crippen molar-refractivity contribution in [3.8, 4) is 5.88 Å². The predicted octanol–water partition coefficient (Wildman–Crippen LogP) is 3.42. The number of hydrogen-bond acceptors (Lipinski definition) is 5. The van der Waals surface area contributed by atoms with Crippen LogP contribution in [-0.2, 0) is 9.59 Å². The highest BCUT2D eigenvalue weighted by atomic mass is 19.3. The topological polar surface area (TPSA) is 101 Å². The van der Waals surface area contributed by atoms with Crippen LogP contribution < -0.4 is 15.4 Å². The largest absolute Gasteiger partial charge is 0.481 e. The smallest absolute Gasteiger partial charge is 0.328 e. The van der Waals surface area contributed by atoms with Crippen LogP contribution >= 0.6 is 0 Å². The quantitative estimate of drug-likeness (QED) is 0.312. The van der Waals surface area contributed by atoms with Gasteiger partial charge in [0.1, 0.15) is 5.82 Å². The first-order chi connectivity index (χ1) is 13.7. The fourth-order valence-electron chi connectivity index (χ4n) is 1.71. The average molecular weight is 435 g/mol. The van der Waals surface area contributed by atoms with Crippen molar-refractivity contribution >= 4 is 17.7 Å². The van der Waals surface area contributed by atoms with Gasteiger partial charge in [-0.15, -0.1) is 0 Å². The molecule has 0 bridgehead atoms. The molecule has 0 aliphatic rings. The normalized spacial score (nSPS) is 11.7. The van der Waals surface area contributed by atoms with Gasteiger partial charge in [-0.05, 0) is 30.7 Å². The van der Waals surface area contributed by atoms with Gasteiger partial charge in [0.05, 0.1) is 7.11 Å². The van der Waals surface area contributed by atoms with Gasteiger partial charge in [0, 0.05) is 45.2 Å². The number of aliphatic carboxylic acids is 1. The molecule has 0 fully saturated rings. The molecule has 11 heteroatoms. The van der Waals surface area contributed by atoms with Crippen LogP contribution in [0.4, 0.5) is 23.4 Å². The molecule has 0 radical (unpaired) electrons. The Morgan fingerprint density at radius 3 is 2.13 bits per heavy atom. The fourth-order valence-corrected chi connectivity index (χ4v) is 1.71. The number of carboxylic acid groups (broad SMARTS) is 1. The Bertz CT molecular complexity index is 757. The molecule has 0 aromatic carbocycles. The lowest BCUT2D eigenvalue weighted by molar-refractivity contribution is -0.131. The molecule has 1 aromatic rings. The summed E-state index contributed by atoms with van der Waals surface area (Å²) in [5.41, 5.74) is 0.987. The third kappa shape index (κ3) is 15.9. The Kier molecular flexibility index (Phi) is 11.2.